The van der Waals surface area contributed by atoms with Gasteiger partial charge in [-0.1, -0.05) is 29.8 Å². The van der Waals surface area contributed by atoms with Crippen LogP contribution in [0.1, 0.15) is 10.4 Å². The zero-order valence-corrected chi connectivity index (χ0v) is 14.0. The van der Waals surface area contributed by atoms with Gasteiger partial charge in [-0.05, 0) is 23.1 Å². The molecule has 5 heteroatoms. The number of para-hydroxylation sites is 1. The van der Waals surface area contributed by atoms with Crippen molar-refractivity contribution in [2.45, 2.75) is 13.1 Å². The van der Waals surface area contributed by atoms with E-state index in [2.05, 4.69) is 40.8 Å². The summed E-state index contributed by atoms with van der Waals surface area (Å²) in [6, 6.07) is 10.3. The van der Waals surface area contributed by atoms with Gasteiger partial charge >= 0.3 is 0 Å². The lowest BCUT2D eigenvalue weighted by Gasteiger charge is -2.23. The molecule has 0 saturated heterocycles. The van der Waals surface area contributed by atoms with Crippen molar-refractivity contribution < 1.29 is 4.74 Å². The van der Waals surface area contributed by atoms with Gasteiger partial charge in [-0.3, -0.25) is 0 Å². The Morgan fingerprint density at radius 3 is 2.86 bits per heavy atom. The maximum Gasteiger partial charge on any atom is 0.0642 e. The van der Waals surface area contributed by atoms with Crippen molar-refractivity contribution in [3.05, 3.63) is 51.2 Å². The highest BCUT2D eigenvalue weighted by Crippen LogP contribution is 2.30. The van der Waals surface area contributed by atoms with E-state index in [1.54, 1.807) is 18.4 Å². The van der Waals surface area contributed by atoms with Crippen LogP contribution in [0.5, 0.6) is 0 Å². The molecule has 0 aliphatic carbocycles. The van der Waals surface area contributed by atoms with Crippen LogP contribution in [-0.4, -0.2) is 27.3 Å². The van der Waals surface area contributed by atoms with Crippen molar-refractivity contribution in [3.8, 4) is 0 Å². The van der Waals surface area contributed by atoms with Gasteiger partial charge in [0.15, 0.2) is 0 Å². The largest absolute Gasteiger partial charge is 0.383 e. The van der Waals surface area contributed by atoms with Crippen LogP contribution < -0.4 is 10.2 Å². The number of nitrogens with one attached hydrogen (secondary N) is 1. The topological polar surface area (TPSA) is 24.5 Å². The molecule has 0 fully saturated rings. The molecule has 0 spiro atoms. The van der Waals surface area contributed by atoms with E-state index in [1.807, 2.05) is 12.1 Å². The Morgan fingerprint density at radius 2 is 2.14 bits per heavy atom. The third kappa shape index (κ3) is 4.71. The van der Waals surface area contributed by atoms with Crippen LogP contribution in [0.4, 0.5) is 5.69 Å². The molecule has 1 aromatic carbocycles. The molecule has 1 heterocycles. The minimum Gasteiger partial charge on any atom is -0.383 e. The summed E-state index contributed by atoms with van der Waals surface area (Å²) in [5.74, 6) is 0. The molecule has 0 unspecified atom stereocenters. The average molecular weight is 325 g/mol. The molecule has 2 aromatic rings. The second kappa shape index (κ2) is 8.39. The van der Waals surface area contributed by atoms with E-state index in [9.17, 15) is 0 Å². The molecule has 2 rings (SSSR count). The summed E-state index contributed by atoms with van der Waals surface area (Å²) < 4.78 is 5.05. The van der Waals surface area contributed by atoms with Crippen LogP contribution in [0.2, 0.25) is 5.02 Å². The maximum absolute atomic E-state index is 6.41. The first-order valence-corrected chi connectivity index (χ1v) is 8.18. The first-order valence-electron chi connectivity index (χ1n) is 6.93. The highest BCUT2D eigenvalue weighted by Gasteiger charge is 2.12. The van der Waals surface area contributed by atoms with Gasteiger partial charge in [0.2, 0.25) is 0 Å². The summed E-state index contributed by atoms with van der Waals surface area (Å²) >= 11 is 8.18. The predicted molar refractivity (Wildman–Crippen MR) is 91.5 cm³/mol. The van der Waals surface area contributed by atoms with Crippen molar-refractivity contribution in [1.29, 1.82) is 0 Å². The number of anilines is 1. The monoisotopic (exact) mass is 324 g/mol. The molecule has 0 radical (unpaired) electrons. The summed E-state index contributed by atoms with van der Waals surface area (Å²) in [4.78, 5) is 3.54. The Kier molecular flexibility index (Phi) is 6.51. The molecule has 21 heavy (non-hydrogen) atoms. The number of nitrogens with zero attached hydrogens (tertiary/aromatic N) is 1. The van der Waals surface area contributed by atoms with Gasteiger partial charge in [-0.15, -0.1) is 11.3 Å². The molecule has 0 saturated carbocycles. The summed E-state index contributed by atoms with van der Waals surface area (Å²) in [6.45, 7) is 3.19. The summed E-state index contributed by atoms with van der Waals surface area (Å²) in [7, 11) is 3.79. The molecule has 0 amide bonds. The van der Waals surface area contributed by atoms with Crippen LogP contribution in [0.3, 0.4) is 0 Å². The Bertz CT molecular complexity index is 545. The standard InChI is InChI=1S/C16H21ClN2OS/c1-19(12-14-6-4-10-21-14)16-13(5-3-7-15(16)17)11-18-8-9-20-2/h3-7,10,18H,8-9,11-12H2,1-2H3. The number of halogens is 1. The summed E-state index contributed by atoms with van der Waals surface area (Å²) in [6.07, 6.45) is 0. The fourth-order valence-corrected chi connectivity index (χ4v) is 3.34. The quantitative estimate of drug-likeness (QED) is 0.748. The Labute approximate surface area is 135 Å². The summed E-state index contributed by atoms with van der Waals surface area (Å²) in [5, 5.41) is 6.27. The first-order chi connectivity index (χ1) is 10.2. The van der Waals surface area contributed by atoms with Gasteiger partial charge in [-0.25, -0.2) is 0 Å². The molecule has 1 N–H and O–H groups in total. The number of rotatable bonds is 8. The fraction of sp³-hybridized carbons (Fsp3) is 0.375. The van der Waals surface area contributed by atoms with Gasteiger partial charge in [0.25, 0.3) is 0 Å². The minimum atomic E-state index is 0.709. The lowest BCUT2D eigenvalue weighted by Crippen LogP contribution is -2.22. The number of methoxy groups -OCH3 is 1. The fourth-order valence-electron chi connectivity index (χ4n) is 2.24. The van der Waals surface area contributed by atoms with Crippen LogP contribution in [-0.2, 0) is 17.8 Å². The van der Waals surface area contributed by atoms with E-state index in [0.717, 1.165) is 30.3 Å². The minimum absolute atomic E-state index is 0.709. The van der Waals surface area contributed by atoms with Crippen molar-refractivity contribution in [1.82, 2.24) is 5.32 Å². The zero-order chi connectivity index (χ0) is 15.1. The van der Waals surface area contributed by atoms with Gasteiger partial charge in [-0.2, -0.15) is 0 Å². The lowest BCUT2D eigenvalue weighted by atomic mass is 10.1. The van der Waals surface area contributed by atoms with Crippen molar-refractivity contribution in [3.63, 3.8) is 0 Å². The van der Waals surface area contributed by atoms with Crippen molar-refractivity contribution in [2.24, 2.45) is 0 Å². The number of hydrogen-bond donors (Lipinski definition) is 1. The van der Waals surface area contributed by atoms with Crippen molar-refractivity contribution in [2.75, 3.05) is 32.2 Å². The molecule has 0 aliphatic heterocycles. The van der Waals surface area contributed by atoms with Gasteiger partial charge < -0.3 is 15.0 Å². The molecule has 0 aliphatic rings. The Morgan fingerprint density at radius 1 is 1.29 bits per heavy atom. The molecule has 0 atom stereocenters. The SMILES string of the molecule is COCCNCc1cccc(Cl)c1N(C)Cc1cccs1. The normalized spacial score (nSPS) is 10.8. The molecule has 114 valence electrons. The number of benzene rings is 1. The zero-order valence-electron chi connectivity index (χ0n) is 12.4. The van der Waals surface area contributed by atoms with Gasteiger partial charge in [0, 0.05) is 32.1 Å². The third-order valence-corrected chi connectivity index (χ3v) is 4.39. The van der Waals surface area contributed by atoms with E-state index in [-0.39, 0.29) is 0 Å². The highest BCUT2D eigenvalue weighted by molar-refractivity contribution is 7.09. The maximum atomic E-state index is 6.41. The van der Waals surface area contributed by atoms with Crippen LogP contribution in [0, 0.1) is 0 Å². The number of ether oxygens (including phenoxy) is 1. The van der Waals surface area contributed by atoms with Crippen LogP contribution in [0.15, 0.2) is 35.7 Å². The highest BCUT2D eigenvalue weighted by atomic mass is 35.5. The molecular weight excluding hydrogens is 304 g/mol. The smallest absolute Gasteiger partial charge is 0.0642 e. The molecule has 1 aromatic heterocycles. The van der Waals surface area contributed by atoms with E-state index in [4.69, 9.17) is 16.3 Å². The average Bonchev–Trinajstić information content (AvgIpc) is 2.96. The second-order valence-corrected chi connectivity index (χ2v) is 6.29. The lowest BCUT2D eigenvalue weighted by molar-refractivity contribution is 0.199. The molecule has 0 bridgehead atoms. The van der Waals surface area contributed by atoms with E-state index in [0.29, 0.717) is 6.61 Å². The molecular formula is C16H21ClN2OS. The van der Waals surface area contributed by atoms with E-state index < -0.39 is 0 Å². The van der Waals surface area contributed by atoms with Gasteiger partial charge in [0.1, 0.15) is 0 Å². The first kappa shape index (κ1) is 16.3. The number of hydrogen-bond acceptors (Lipinski definition) is 4. The number of thiophene rings is 1. The van der Waals surface area contributed by atoms with E-state index in [1.165, 1.54) is 10.4 Å². The Hall–Kier alpha value is -1.07. The van der Waals surface area contributed by atoms with Gasteiger partial charge in [0.05, 0.1) is 23.9 Å². The van der Waals surface area contributed by atoms with Crippen LogP contribution >= 0.6 is 22.9 Å². The Balaban J connectivity index is 2.09. The van der Waals surface area contributed by atoms with Crippen molar-refractivity contribution >= 4 is 28.6 Å². The molecule has 3 nitrogen and oxygen atoms in total. The van der Waals surface area contributed by atoms with Crippen LogP contribution in [0.25, 0.3) is 0 Å². The second-order valence-electron chi connectivity index (χ2n) is 4.85. The van der Waals surface area contributed by atoms with E-state index >= 15 is 0 Å². The third-order valence-electron chi connectivity index (χ3n) is 3.22. The predicted octanol–water partition coefficient (Wildman–Crippen LogP) is 3.77. The summed E-state index contributed by atoms with van der Waals surface area (Å²) in [5.41, 5.74) is 2.30.